The lowest BCUT2D eigenvalue weighted by atomic mass is 10.2. The summed E-state index contributed by atoms with van der Waals surface area (Å²) in [6.45, 7) is -0.447. The van der Waals surface area contributed by atoms with E-state index in [9.17, 15) is 9.59 Å². The average Bonchev–Trinajstić information content (AvgIpc) is 2.65. The molecule has 1 aliphatic heterocycles. The number of nitrogens with zero attached hydrogens (tertiary/aromatic N) is 1. The molecule has 0 bridgehead atoms. The summed E-state index contributed by atoms with van der Waals surface area (Å²) in [4.78, 5) is 24.5. The van der Waals surface area contributed by atoms with Crippen molar-refractivity contribution in [1.29, 1.82) is 0 Å². The van der Waals surface area contributed by atoms with Gasteiger partial charge in [-0.15, -0.1) is 0 Å². The molecule has 2 rings (SSSR count). The van der Waals surface area contributed by atoms with Gasteiger partial charge in [-0.1, -0.05) is 39.9 Å². The normalized spacial score (nSPS) is 16.7. The lowest BCUT2D eigenvalue weighted by Gasteiger charge is -2.08. The third-order valence-corrected chi connectivity index (χ3v) is 4.57. The van der Waals surface area contributed by atoms with Crippen LogP contribution in [-0.4, -0.2) is 39.9 Å². The second kappa shape index (κ2) is 6.59. The van der Waals surface area contributed by atoms with E-state index in [1.165, 1.54) is 16.7 Å². The lowest BCUT2D eigenvalue weighted by molar-refractivity contribution is -0.139. The van der Waals surface area contributed by atoms with Crippen LogP contribution >= 0.6 is 39.9 Å². The number of carbonyl (C=O) groups excluding carboxylic acids is 1. The highest BCUT2D eigenvalue weighted by Gasteiger charge is 2.28. The fraction of sp³-hybridized carbons (Fsp3) is 0.154. The number of amides is 1. The first-order chi connectivity index (χ1) is 9.88. The monoisotopic (exact) mass is 387 g/mol. The Morgan fingerprint density at radius 1 is 1.57 bits per heavy atom. The van der Waals surface area contributed by atoms with Crippen LogP contribution in [0.4, 0.5) is 0 Å². The molecule has 0 spiro atoms. The molecule has 0 saturated carbocycles. The molecule has 0 aromatic heterocycles. The number of carboxylic acids is 1. The van der Waals surface area contributed by atoms with Gasteiger partial charge in [-0.3, -0.25) is 9.69 Å². The van der Waals surface area contributed by atoms with Crippen molar-refractivity contribution in [2.45, 2.75) is 0 Å². The largest absolute Gasteiger partial charge is 0.481 e. The Morgan fingerprint density at radius 3 is 2.86 bits per heavy atom. The smallest absolute Gasteiger partial charge is 0.341 e. The maximum absolute atomic E-state index is 12.0. The summed E-state index contributed by atoms with van der Waals surface area (Å²) in [5.74, 6) is -0.861. The van der Waals surface area contributed by atoms with Crippen LogP contribution < -0.4 is 4.74 Å². The van der Waals surface area contributed by atoms with Crippen molar-refractivity contribution in [3.8, 4) is 5.75 Å². The summed E-state index contributed by atoms with van der Waals surface area (Å²) >= 11 is 9.60. The average molecular weight is 388 g/mol. The van der Waals surface area contributed by atoms with E-state index < -0.39 is 12.6 Å². The van der Waals surface area contributed by atoms with Crippen LogP contribution in [0.25, 0.3) is 6.08 Å². The van der Waals surface area contributed by atoms with Crippen molar-refractivity contribution in [1.82, 2.24) is 4.90 Å². The van der Waals surface area contributed by atoms with Gasteiger partial charge in [0.25, 0.3) is 5.91 Å². The number of hydrogen-bond donors (Lipinski definition) is 1. The van der Waals surface area contributed by atoms with Gasteiger partial charge in [0, 0.05) is 17.1 Å². The SMILES string of the molecule is CN1C(=O)/C(=C/c2cc(Br)ccc2OCC(=O)O)SC1=S. The van der Waals surface area contributed by atoms with E-state index in [1.54, 1.807) is 31.3 Å². The number of rotatable bonds is 4. The number of likely N-dealkylation sites (N-methyl/N-ethyl adjacent to an activating group) is 1. The minimum Gasteiger partial charge on any atom is -0.481 e. The van der Waals surface area contributed by atoms with Crippen LogP contribution in [0.15, 0.2) is 27.6 Å². The third-order valence-electron chi connectivity index (χ3n) is 2.60. The molecule has 1 aliphatic rings. The highest BCUT2D eigenvalue weighted by atomic mass is 79.9. The Kier molecular flexibility index (Phi) is 5.02. The van der Waals surface area contributed by atoms with Gasteiger partial charge in [-0.05, 0) is 24.3 Å². The molecule has 1 amide bonds. The van der Waals surface area contributed by atoms with Crippen molar-refractivity contribution in [2.24, 2.45) is 0 Å². The van der Waals surface area contributed by atoms with E-state index >= 15 is 0 Å². The highest BCUT2D eigenvalue weighted by molar-refractivity contribution is 9.10. The molecule has 110 valence electrons. The molecule has 21 heavy (non-hydrogen) atoms. The molecule has 0 radical (unpaired) electrons. The number of carboxylic acid groups (broad SMARTS) is 1. The molecule has 1 aromatic carbocycles. The summed E-state index contributed by atoms with van der Waals surface area (Å²) < 4.78 is 6.50. The molecule has 0 unspecified atom stereocenters. The van der Waals surface area contributed by atoms with Gasteiger partial charge < -0.3 is 9.84 Å². The van der Waals surface area contributed by atoms with E-state index in [0.29, 0.717) is 20.5 Å². The fourth-order valence-electron chi connectivity index (χ4n) is 1.59. The maximum Gasteiger partial charge on any atom is 0.341 e. The van der Waals surface area contributed by atoms with Crippen molar-refractivity contribution < 1.29 is 19.4 Å². The van der Waals surface area contributed by atoms with Gasteiger partial charge in [-0.2, -0.15) is 0 Å². The van der Waals surface area contributed by atoms with Gasteiger partial charge in [0.2, 0.25) is 0 Å². The van der Waals surface area contributed by atoms with E-state index in [-0.39, 0.29) is 5.91 Å². The zero-order chi connectivity index (χ0) is 15.6. The Morgan fingerprint density at radius 2 is 2.29 bits per heavy atom. The quantitative estimate of drug-likeness (QED) is 0.632. The molecule has 0 atom stereocenters. The minimum atomic E-state index is -1.07. The lowest BCUT2D eigenvalue weighted by Crippen LogP contribution is -2.22. The summed E-state index contributed by atoms with van der Waals surface area (Å²) in [5, 5.41) is 8.68. The van der Waals surface area contributed by atoms with Crippen LogP contribution in [-0.2, 0) is 9.59 Å². The Balaban J connectivity index is 2.34. The van der Waals surface area contributed by atoms with Gasteiger partial charge >= 0.3 is 5.97 Å². The molecule has 1 heterocycles. The molecule has 0 aliphatic carbocycles. The standard InChI is InChI=1S/C13H10BrNO4S2/c1-15-12(18)10(21-13(15)20)5-7-4-8(14)2-3-9(7)19-6-11(16)17/h2-5H,6H2,1H3,(H,16,17)/b10-5-. The minimum absolute atomic E-state index is 0.186. The number of benzene rings is 1. The van der Waals surface area contributed by atoms with Gasteiger partial charge in [-0.25, -0.2) is 4.79 Å². The molecular weight excluding hydrogens is 378 g/mol. The van der Waals surface area contributed by atoms with Gasteiger partial charge in [0.05, 0.1) is 4.91 Å². The number of thiocarbonyl (C=S) groups is 1. The topological polar surface area (TPSA) is 66.8 Å². The van der Waals surface area contributed by atoms with Gasteiger partial charge in [0.1, 0.15) is 10.1 Å². The van der Waals surface area contributed by atoms with Gasteiger partial charge in [0.15, 0.2) is 6.61 Å². The van der Waals surface area contributed by atoms with E-state index in [0.717, 1.165) is 4.47 Å². The number of ether oxygens (including phenoxy) is 1. The van der Waals surface area contributed by atoms with Crippen LogP contribution in [0, 0.1) is 0 Å². The Hall–Kier alpha value is -1.38. The van der Waals surface area contributed by atoms with Crippen molar-refractivity contribution in [2.75, 3.05) is 13.7 Å². The Bertz CT molecular complexity index is 660. The Labute approximate surface area is 139 Å². The second-order valence-electron chi connectivity index (χ2n) is 4.11. The van der Waals surface area contributed by atoms with Crippen molar-refractivity contribution >= 4 is 62.2 Å². The fourth-order valence-corrected chi connectivity index (χ4v) is 3.14. The zero-order valence-corrected chi connectivity index (χ0v) is 14.0. The number of carbonyl (C=O) groups is 2. The summed E-state index contributed by atoms with van der Waals surface area (Å²) in [5.41, 5.74) is 0.611. The summed E-state index contributed by atoms with van der Waals surface area (Å²) in [6, 6.07) is 5.13. The predicted octanol–water partition coefficient (Wildman–Crippen LogP) is 2.74. The molecule has 1 fully saturated rings. The first-order valence-electron chi connectivity index (χ1n) is 5.74. The number of thioether (sulfide) groups is 1. The molecule has 1 saturated heterocycles. The van der Waals surface area contributed by atoms with Crippen LogP contribution in [0.3, 0.4) is 0 Å². The number of hydrogen-bond acceptors (Lipinski definition) is 5. The molecular formula is C13H10BrNO4S2. The van der Waals surface area contributed by atoms with Crippen molar-refractivity contribution in [3.63, 3.8) is 0 Å². The van der Waals surface area contributed by atoms with E-state index in [1.807, 2.05) is 0 Å². The molecule has 5 nitrogen and oxygen atoms in total. The van der Waals surface area contributed by atoms with Crippen LogP contribution in [0.1, 0.15) is 5.56 Å². The van der Waals surface area contributed by atoms with E-state index in [2.05, 4.69) is 15.9 Å². The highest BCUT2D eigenvalue weighted by Crippen LogP contribution is 2.34. The number of halogens is 1. The third kappa shape index (κ3) is 3.84. The zero-order valence-electron chi connectivity index (χ0n) is 10.8. The maximum atomic E-state index is 12.0. The second-order valence-corrected chi connectivity index (χ2v) is 6.70. The first kappa shape index (κ1) is 16.0. The summed E-state index contributed by atoms with van der Waals surface area (Å²) in [7, 11) is 1.61. The number of aliphatic carboxylic acids is 1. The summed E-state index contributed by atoms with van der Waals surface area (Å²) in [6.07, 6.45) is 1.64. The van der Waals surface area contributed by atoms with Crippen LogP contribution in [0.2, 0.25) is 0 Å². The van der Waals surface area contributed by atoms with Crippen LogP contribution in [0.5, 0.6) is 5.75 Å². The van der Waals surface area contributed by atoms with E-state index in [4.69, 9.17) is 22.1 Å². The molecule has 1 aromatic rings. The first-order valence-corrected chi connectivity index (χ1v) is 7.76. The predicted molar refractivity (Wildman–Crippen MR) is 88.2 cm³/mol. The molecule has 1 N–H and O–H groups in total. The molecule has 8 heteroatoms. The van der Waals surface area contributed by atoms with Crippen molar-refractivity contribution in [3.05, 3.63) is 33.1 Å².